The van der Waals surface area contributed by atoms with Crippen LogP contribution in [0.25, 0.3) is 0 Å². The molecule has 0 heterocycles. The largest absolute Gasteiger partial charge is 0.489 e. The van der Waals surface area contributed by atoms with Crippen LogP contribution < -0.4 is 10.1 Å². The van der Waals surface area contributed by atoms with Gasteiger partial charge >= 0.3 is 0 Å². The minimum atomic E-state index is 0.217. The number of ether oxygens (including phenoxy) is 1. The molecular weight excluding hydrogens is 198 g/mol. The zero-order valence-corrected chi connectivity index (χ0v) is 10.6. The second-order valence-corrected chi connectivity index (χ2v) is 4.63. The van der Waals surface area contributed by atoms with E-state index in [2.05, 4.69) is 26.1 Å². The number of hydrogen-bond donors (Lipinski definition) is 1. The Morgan fingerprint density at radius 2 is 1.81 bits per heavy atom. The average Bonchev–Trinajstić information content (AvgIpc) is 2.25. The lowest BCUT2D eigenvalue weighted by Crippen LogP contribution is -2.30. The van der Waals surface area contributed by atoms with Gasteiger partial charge in [-0.05, 0) is 37.9 Å². The summed E-state index contributed by atoms with van der Waals surface area (Å²) < 4.78 is 5.76. The SMILES string of the molecule is CC(C)CCNCC(C)Oc1ccccc1. The Kier molecular flexibility index (Phi) is 5.94. The molecule has 0 fully saturated rings. The number of para-hydroxylation sites is 1. The molecule has 90 valence electrons. The molecule has 1 atom stereocenters. The van der Waals surface area contributed by atoms with Gasteiger partial charge in [0.2, 0.25) is 0 Å². The van der Waals surface area contributed by atoms with E-state index in [-0.39, 0.29) is 6.10 Å². The summed E-state index contributed by atoms with van der Waals surface area (Å²) in [5.74, 6) is 1.71. The first-order chi connectivity index (χ1) is 7.68. The molecule has 0 amide bonds. The molecule has 1 rings (SSSR count). The molecule has 0 aromatic heterocycles. The van der Waals surface area contributed by atoms with Crippen molar-refractivity contribution < 1.29 is 4.74 Å². The lowest BCUT2D eigenvalue weighted by atomic mass is 10.1. The first-order valence-electron chi connectivity index (χ1n) is 6.11. The van der Waals surface area contributed by atoms with E-state index in [4.69, 9.17) is 4.74 Å². The topological polar surface area (TPSA) is 21.3 Å². The predicted octanol–water partition coefficient (Wildman–Crippen LogP) is 3.09. The van der Waals surface area contributed by atoms with Gasteiger partial charge in [0.05, 0.1) is 0 Å². The number of rotatable bonds is 7. The third-order valence-corrected chi connectivity index (χ3v) is 2.41. The molecule has 0 saturated heterocycles. The molecule has 1 aromatic rings. The summed E-state index contributed by atoms with van der Waals surface area (Å²) in [6.07, 6.45) is 1.44. The number of nitrogens with one attached hydrogen (secondary N) is 1. The Morgan fingerprint density at radius 3 is 2.44 bits per heavy atom. The van der Waals surface area contributed by atoms with Crippen molar-refractivity contribution in [3.8, 4) is 5.75 Å². The predicted molar refractivity (Wildman–Crippen MR) is 68.9 cm³/mol. The van der Waals surface area contributed by atoms with E-state index < -0.39 is 0 Å². The lowest BCUT2D eigenvalue weighted by molar-refractivity contribution is 0.216. The van der Waals surface area contributed by atoms with E-state index in [1.807, 2.05) is 30.3 Å². The van der Waals surface area contributed by atoms with Gasteiger partial charge in [-0.3, -0.25) is 0 Å². The molecule has 1 aromatic carbocycles. The van der Waals surface area contributed by atoms with Crippen molar-refractivity contribution in [1.29, 1.82) is 0 Å². The van der Waals surface area contributed by atoms with E-state index in [0.29, 0.717) is 0 Å². The Bertz CT molecular complexity index is 271. The van der Waals surface area contributed by atoms with Gasteiger partial charge in [0, 0.05) is 6.54 Å². The van der Waals surface area contributed by atoms with Crippen molar-refractivity contribution in [2.75, 3.05) is 13.1 Å². The zero-order chi connectivity index (χ0) is 11.8. The molecule has 1 N–H and O–H groups in total. The van der Waals surface area contributed by atoms with Gasteiger partial charge in [-0.1, -0.05) is 32.0 Å². The van der Waals surface area contributed by atoms with Crippen molar-refractivity contribution in [2.24, 2.45) is 5.92 Å². The van der Waals surface area contributed by atoms with Gasteiger partial charge in [0.1, 0.15) is 11.9 Å². The summed E-state index contributed by atoms with van der Waals surface area (Å²) in [6.45, 7) is 8.55. The monoisotopic (exact) mass is 221 g/mol. The highest BCUT2D eigenvalue weighted by Crippen LogP contribution is 2.10. The van der Waals surface area contributed by atoms with E-state index in [9.17, 15) is 0 Å². The summed E-state index contributed by atoms with van der Waals surface area (Å²) in [5.41, 5.74) is 0. The van der Waals surface area contributed by atoms with Crippen molar-refractivity contribution in [3.63, 3.8) is 0 Å². The van der Waals surface area contributed by atoms with Crippen LogP contribution in [0.1, 0.15) is 27.2 Å². The highest BCUT2D eigenvalue weighted by molar-refractivity contribution is 5.21. The van der Waals surface area contributed by atoms with Gasteiger partial charge in [-0.15, -0.1) is 0 Å². The van der Waals surface area contributed by atoms with Crippen molar-refractivity contribution in [3.05, 3.63) is 30.3 Å². The van der Waals surface area contributed by atoms with E-state index in [1.54, 1.807) is 0 Å². The summed E-state index contributed by atoms with van der Waals surface area (Å²) >= 11 is 0. The Labute approximate surface area is 99.0 Å². The maximum atomic E-state index is 5.76. The van der Waals surface area contributed by atoms with Gasteiger partial charge in [0.15, 0.2) is 0 Å². The molecular formula is C14H23NO. The van der Waals surface area contributed by atoms with Crippen LogP contribution in [0.3, 0.4) is 0 Å². The Balaban J connectivity index is 2.14. The second kappa shape index (κ2) is 7.29. The Hall–Kier alpha value is -1.02. The number of benzene rings is 1. The van der Waals surface area contributed by atoms with Gasteiger partial charge in [0.25, 0.3) is 0 Å². The van der Waals surface area contributed by atoms with Crippen LogP contribution in [-0.4, -0.2) is 19.2 Å². The first-order valence-corrected chi connectivity index (χ1v) is 6.11. The standard InChI is InChI=1S/C14H23NO/c1-12(2)9-10-15-11-13(3)16-14-7-5-4-6-8-14/h4-8,12-13,15H,9-11H2,1-3H3. The Morgan fingerprint density at radius 1 is 1.12 bits per heavy atom. The molecule has 0 bridgehead atoms. The lowest BCUT2D eigenvalue weighted by Gasteiger charge is -2.15. The minimum absolute atomic E-state index is 0.217. The smallest absolute Gasteiger partial charge is 0.119 e. The van der Waals surface area contributed by atoms with Crippen molar-refractivity contribution >= 4 is 0 Å². The molecule has 2 nitrogen and oxygen atoms in total. The van der Waals surface area contributed by atoms with Crippen LogP contribution >= 0.6 is 0 Å². The summed E-state index contributed by atoms with van der Waals surface area (Å²) in [4.78, 5) is 0. The van der Waals surface area contributed by atoms with Gasteiger partial charge in [-0.25, -0.2) is 0 Å². The molecule has 0 saturated carbocycles. The highest BCUT2D eigenvalue weighted by atomic mass is 16.5. The fourth-order valence-electron chi connectivity index (χ4n) is 1.47. The van der Waals surface area contributed by atoms with Crippen LogP contribution in [0.15, 0.2) is 30.3 Å². The second-order valence-electron chi connectivity index (χ2n) is 4.63. The summed E-state index contributed by atoms with van der Waals surface area (Å²) in [6, 6.07) is 9.97. The van der Waals surface area contributed by atoms with Crippen LogP contribution in [-0.2, 0) is 0 Å². The molecule has 0 aliphatic rings. The zero-order valence-electron chi connectivity index (χ0n) is 10.6. The normalized spacial score (nSPS) is 12.8. The van der Waals surface area contributed by atoms with E-state index in [1.165, 1.54) is 6.42 Å². The third-order valence-electron chi connectivity index (χ3n) is 2.41. The van der Waals surface area contributed by atoms with Crippen LogP contribution in [0.5, 0.6) is 5.75 Å². The maximum Gasteiger partial charge on any atom is 0.119 e. The van der Waals surface area contributed by atoms with Gasteiger partial charge in [-0.2, -0.15) is 0 Å². The van der Waals surface area contributed by atoms with Crippen LogP contribution in [0, 0.1) is 5.92 Å². The average molecular weight is 221 g/mol. The first kappa shape index (κ1) is 13.0. The fourth-order valence-corrected chi connectivity index (χ4v) is 1.47. The quantitative estimate of drug-likeness (QED) is 0.714. The van der Waals surface area contributed by atoms with Crippen LogP contribution in [0.4, 0.5) is 0 Å². The molecule has 0 aliphatic heterocycles. The maximum absolute atomic E-state index is 5.76. The van der Waals surface area contributed by atoms with Crippen molar-refractivity contribution in [1.82, 2.24) is 5.32 Å². The minimum Gasteiger partial charge on any atom is -0.489 e. The van der Waals surface area contributed by atoms with E-state index in [0.717, 1.165) is 24.8 Å². The molecule has 0 radical (unpaired) electrons. The number of hydrogen-bond acceptors (Lipinski definition) is 2. The van der Waals surface area contributed by atoms with E-state index >= 15 is 0 Å². The molecule has 2 heteroatoms. The third kappa shape index (κ3) is 5.76. The van der Waals surface area contributed by atoms with Crippen molar-refractivity contribution in [2.45, 2.75) is 33.3 Å². The van der Waals surface area contributed by atoms with Crippen LogP contribution in [0.2, 0.25) is 0 Å². The molecule has 1 unspecified atom stereocenters. The summed E-state index contributed by atoms with van der Waals surface area (Å²) in [7, 11) is 0. The fraction of sp³-hybridized carbons (Fsp3) is 0.571. The summed E-state index contributed by atoms with van der Waals surface area (Å²) in [5, 5.41) is 3.41. The molecule has 0 spiro atoms. The molecule has 16 heavy (non-hydrogen) atoms. The molecule has 0 aliphatic carbocycles. The van der Waals surface area contributed by atoms with Gasteiger partial charge < -0.3 is 10.1 Å². The highest BCUT2D eigenvalue weighted by Gasteiger charge is 2.02.